The number of fused-ring (bicyclic) bond motifs is 2. The Hall–Kier alpha value is -2.69. The molecule has 0 saturated carbocycles. The third-order valence-corrected chi connectivity index (χ3v) is 3.31. The van der Waals surface area contributed by atoms with Gasteiger partial charge >= 0.3 is 0 Å². The van der Waals surface area contributed by atoms with Gasteiger partial charge in [0.2, 0.25) is 0 Å². The molecule has 0 amide bonds. The van der Waals surface area contributed by atoms with E-state index >= 15 is 0 Å². The van der Waals surface area contributed by atoms with E-state index in [1.165, 1.54) is 18.2 Å². The summed E-state index contributed by atoms with van der Waals surface area (Å²) in [5, 5.41) is 11.9. The number of nitro benzene ring substituents is 1. The Morgan fingerprint density at radius 2 is 1.74 bits per heavy atom. The van der Waals surface area contributed by atoms with Crippen molar-refractivity contribution in [3.63, 3.8) is 0 Å². The van der Waals surface area contributed by atoms with Gasteiger partial charge in [0.25, 0.3) is 5.69 Å². The fourth-order valence-electron chi connectivity index (χ4n) is 2.34. The Kier molecular flexibility index (Phi) is 2.35. The molecule has 3 rings (SSSR count). The smallest absolute Gasteiger partial charge is 0.271 e. The maximum absolute atomic E-state index is 12.3. The van der Waals surface area contributed by atoms with E-state index in [1.807, 2.05) is 12.1 Å². The molecule has 0 saturated heterocycles. The van der Waals surface area contributed by atoms with Crippen LogP contribution in [0.25, 0.3) is 21.8 Å². The average Bonchev–Trinajstić information content (AvgIpc) is 2.44. The van der Waals surface area contributed by atoms with Crippen molar-refractivity contribution in [1.29, 1.82) is 0 Å². The lowest BCUT2D eigenvalue weighted by atomic mass is 10.1. The molecule has 3 aromatic rings. The number of non-ortho nitro benzene ring substituents is 1. The number of rotatable bonds is 1. The molecule has 5 nitrogen and oxygen atoms in total. The maximum atomic E-state index is 12.3. The van der Waals surface area contributed by atoms with Crippen LogP contribution >= 0.6 is 0 Å². The molecule has 0 radical (unpaired) electrons. The van der Waals surface area contributed by atoms with E-state index in [0.717, 1.165) is 5.52 Å². The van der Waals surface area contributed by atoms with Crippen molar-refractivity contribution >= 4 is 27.5 Å². The fourth-order valence-corrected chi connectivity index (χ4v) is 2.34. The summed E-state index contributed by atoms with van der Waals surface area (Å²) in [5.74, 6) is 0. The molecule has 0 fully saturated rings. The first-order valence-corrected chi connectivity index (χ1v) is 5.75. The van der Waals surface area contributed by atoms with Crippen LogP contribution in [0.3, 0.4) is 0 Å². The van der Waals surface area contributed by atoms with Gasteiger partial charge in [-0.2, -0.15) is 0 Å². The molecule has 94 valence electrons. The molecule has 0 aliphatic carbocycles. The van der Waals surface area contributed by atoms with E-state index in [0.29, 0.717) is 16.3 Å². The lowest BCUT2D eigenvalue weighted by Gasteiger charge is -2.09. The van der Waals surface area contributed by atoms with Crippen LogP contribution in [0, 0.1) is 10.1 Å². The Morgan fingerprint density at radius 1 is 1.05 bits per heavy atom. The summed E-state index contributed by atoms with van der Waals surface area (Å²) in [7, 11) is 1.80. The van der Waals surface area contributed by atoms with Crippen LogP contribution in [0.2, 0.25) is 0 Å². The normalized spacial score (nSPS) is 11.0. The summed E-state index contributed by atoms with van der Waals surface area (Å²) >= 11 is 0. The molecule has 0 unspecified atom stereocenters. The summed E-state index contributed by atoms with van der Waals surface area (Å²) in [4.78, 5) is 22.7. The van der Waals surface area contributed by atoms with E-state index in [1.54, 1.807) is 23.7 Å². The maximum Gasteiger partial charge on any atom is 0.271 e. The van der Waals surface area contributed by atoms with Gasteiger partial charge in [-0.3, -0.25) is 14.9 Å². The quantitative estimate of drug-likeness (QED) is 0.381. The number of para-hydroxylation sites is 1. The number of benzene rings is 2. The number of aryl methyl sites for hydroxylation is 1. The number of nitro groups is 1. The van der Waals surface area contributed by atoms with Gasteiger partial charge in [0.1, 0.15) is 0 Å². The lowest BCUT2D eigenvalue weighted by Crippen LogP contribution is -2.09. The van der Waals surface area contributed by atoms with E-state index < -0.39 is 4.92 Å². The predicted octanol–water partition coefficient (Wildman–Crippen LogP) is 2.60. The minimum Gasteiger partial charge on any atom is -0.343 e. The SMILES string of the molecule is Cn1c2ccccc2c(=O)c2ccc([N+](=O)[O-])cc21. The van der Waals surface area contributed by atoms with Crippen LogP contribution in [0.4, 0.5) is 5.69 Å². The summed E-state index contributed by atoms with van der Waals surface area (Å²) in [6, 6.07) is 11.5. The Balaban J connectivity index is 2.56. The van der Waals surface area contributed by atoms with Gasteiger partial charge < -0.3 is 4.57 Å². The van der Waals surface area contributed by atoms with Crippen LogP contribution < -0.4 is 5.43 Å². The van der Waals surface area contributed by atoms with Gasteiger partial charge in [0.05, 0.1) is 16.0 Å². The summed E-state index contributed by atoms with van der Waals surface area (Å²) in [6.07, 6.45) is 0. The van der Waals surface area contributed by atoms with Crippen molar-refractivity contribution in [2.75, 3.05) is 0 Å². The van der Waals surface area contributed by atoms with Gasteiger partial charge in [-0.25, -0.2) is 0 Å². The molecule has 0 N–H and O–H groups in total. The minimum absolute atomic E-state index is 0.0159. The van der Waals surface area contributed by atoms with Crippen LogP contribution in [-0.2, 0) is 7.05 Å². The van der Waals surface area contributed by atoms with Crippen LogP contribution in [0.5, 0.6) is 0 Å². The van der Waals surface area contributed by atoms with Crippen molar-refractivity contribution in [1.82, 2.24) is 4.57 Å². The topological polar surface area (TPSA) is 65.1 Å². The molecule has 0 bridgehead atoms. The molecule has 5 heteroatoms. The van der Waals surface area contributed by atoms with Crippen LogP contribution in [0.1, 0.15) is 0 Å². The first-order valence-electron chi connectivity index (χ1n) is 5.75. The van der Waals surface area contributed by atoms with Crippen molar-refractivity contribution in [2.45, 2.75) is 0 Å². The molecular weight excluding hydrogens is 244 g/mol. The number of nitrogens with zero attached hydrogens (tertiary/aromatic N) is 2. The Labute approximate surface area is 107 Å². The minimum atomic E-state index is -0.459. The highest BCUT2D eigenvalue weighted by atomic mass is 16.6. The molecule has 2 aromatic carbocycles. The van der Waals surface area contributed by atoms with Crippen molar-refractivity contribution in [2.24, 2.45) is 7.05 Å². The number of pyridine rings is 1. The van der Waals surface area contributed by atoms with E-state index in [-0.39, 0.29) is 11.1 Å². The molecule has 19 heavy (non-hydrogen) atoms. The third-order valence-electron chi connectivity index (χ3n) is 3.31. The molecule has 0 spiro atoms. The lowest BCUT2D eigenvalue weighted by molar-refractivity contribution is -0.384. The highest BCUT2D eigenvalue weighted by Gasteiger charge is 2.12. The van der Waals surface area contributed by atoms with E-state index in [4.69, 9.17) is 0 Å². The fraction of sp³-hybridized carbons (Fsp3) is 0.0714. The standard InChI is InChI=1S/C14H10N2O3/c1-15-12-5-3-2-4-10(12)14(17)11-7-6-9(16(18)19)8-13(11)15/h2-8H,1H3. The van der Waals surface area contributed by atoms with Gasteiger partial charge in [-0.1, -0.05) is 12.1 Å². The van der Waals surface area contributed by atoms with Gasteiger partial charge in [0, 0.05) is 30.0 Å². The van der Waals surface area contributed by atoms with Gasteiger partial charge in [-0.15, -0.1) is 0 Å². The number of hydrogen-bond acceptors (Lipinski definition) is 3. The Morgan fingerprint density at radius 3 is 2.47 bits per heavy atom. The summed E-state index contributed by atoms with van der Waals surface area (Å²) in [5.41, 5.74) is 1.22. The summed E-state index contributed by atoms with van der Waals surface area (Å²) in [6.45, 7) is 0. The van der Waals surface area contributed by atoms with Crippen molar-refractivity contribution < 1.29 is 4.92 Å². The average molecular weight is 254 g/mol. The highest BCUT2D eigenvalue weighted by molar-refractivity contribution is 5.94. The molecule has 0 aliphatic heterocycles. The largest absolute Gasteiger partial charge is 0.343 e. The number of hydrogen-bond donors (Lipinski definition) is 0. The predicted molar refractivity (Wildman–Crippen MR) is 73.3 cm³/mol. The van der Waals surface area contributed by atoms with Crippen LogP contribution in [-0.4, -0.2) is 9.49 Å². The monoisotopic (exact) mass is 254 g/mol. The molecule has 1 aromatic heterocycles. The zero-order chi connectivity index (χ0) is 13.6. The summed E-state index contributed by atoms with van der Waals surface area (Å²) < 4.78 is 1.80. The van der Waals surface area contributed by atoms with Crippen molar-refractivity contribution in [3.8, 4) is 0 Å². The first kappa shape index (κ1) is 11.4. The molecule has 0 atom stereocenters. The second-order valence-corrected chi connectivity index (χ2v) is 4.36. The zero-order valence-electron chi connectivity index (χ0n) is 10.2. The zero-order valence-corrected chi connectivity index (χ0v) is 10.2. The second kappa shape index (κ2) is 3.91. The van der Waals surface area contributed by atoms with Crippen molar-refractivity contribution in [3.05, 3.63) is 62.8 Å². The van der Waals surface area contributed by atoms with E-state index in [2.05, 4.69) is 0 Å². The number of aromatic nitrogens is 1. The second-order valence-electron chi connectivity index (χ2n) is 4.36. The molecule has 0 aliphatic rings. The van der Waals surface area contributed by atoms with Gasteiger partial charge in [-0.05, 0) is 18.2 Å². The molecular formula is C14H10N2O3. The Bertz CT molecular complexity index is 881. The van der Waals surface area contributed by atoms with E-state index in [9.17, 15) is 14.9 Å². The van der Waals surface area contributed by atoms with Crippen LogP contribution in [0.15, 0.2) is 47.3 Å². The highest BCUT2D eigenvalue weighted by Crippen LogP contribution is 2.22. The molecule has 1 heterocycles. The first-order chi connectivity index (χ1) is 9.09. The third kappa shape index (κ3) is 1.59. The van der Waals surface area contributed by atoms with Gasteiger partial charge in [0.15, 0.2) is 5.43 Å².